The van der Waals surface area contributed by atoms with Crippen molar-refractivity contribution in [2.24, 2.45) is 0 Å². The highest BCUT2D eigenvalue weighted by Crippen LogP contribution is 2.13. The van der Waals surface area contributed by atoms with Crippen LogP contribution < -0.4 is 0 Å². The van der Waals surface area contributed by atoms with Crippen LogP contribution in [-0.4, -0.2) is 8.42 Å². The largest absolute Gasteiger partial charge is 0.236 e. The van der Waals surface area contributed by atoms with Gasteiger partial charge in [-0.05, 0) is 11.6 Å². The molecule has 3 nitrogen and oxygen atoms in total. The van der Waals surface area contributed by atoms with E-state index in [1.165, 1.54) is 0 Å². The van der Waals surface area contributed by atoms with Gasteiger partial charge >= 0.3 is 0 Å². The molecule has 0 radical (unpaired) electrons. The molecule has 1 rings (SSSR count). The predicted molar refractivity (Wildman–Crippen MR) is 49.6 cm³/mol. The van der Waals surface area contributed by atoms with Crippen molar-refractivity contribution in [1.82, 2.24) is 0 Å². The normalized spacial score (nSPS) is 10.8. The lowest BCUT2D eigenvalue weighted by molar-refractivity contribution is 0.609. The van der Waals surface area contributed by atoms with Crippen LogP contribution in [0.15, 0.2) is 24.3 Å². The number of rotatable bonds is 2. The maximum absolute atomic E-state index is 10.7. The second-order valence-corrected chi connectivity index (χ2v) is 5.23. The van der Waals surface area contributed by atoms with Crippen molar-refractivity contribution in [3.8, 4) is 6.07 Å². The van der Waals surface area contributed by atoms with Gasteiger partial charge in [0.05, 0.1) is 17.4 Å². The minimum absolute atomic E-state index is 0.307. The first-order chi connectivity index (χ1) is 6.03. The van der Waals surface area contributed by atoms with Crippen molar-refractivity contribution in [2.45, 2.75) is 5.75 Å². The highest BCUT2D eigenvalue weighted by Gasteiger charge is 2.09. The van der Waals surface area contributed by atoms with Gasteiger partial charge in [-0.3, -0.25) is 0 Å². The van der Waals surface area contributed by atoms with E-state index in [0.717, 1.165) is 0 Å². The molecule has 0 aliphatic rings. The molecule has 0 aliphatic heterocycles. The summed E-state index contributed by atoms with van der Waals surface area (Å²) < 4.78 is 21.4. The lowest BCUT2D eigenvalue weighted by atomic mass is 10.1. The Labute approximate surface area is 81.0 Å². The molecule has 0 aliphatic carbocycles. The van der Waals surface area contributed by atoms with E-state index in [0.29, 0.717) is 11.1 Å². The van der Waals surface area contributed by atoms with Crippen LogP contribution in [0.5, 0.6) is 0 Å². The van der Waals surface area contributed by atoms with Gasteiger partial charge < -0.3 is 0 Å². The Hall–Kier alpha value is -1.05. The fourth-order valence-corrected chi connectivity index (χ4v) is 1.92. The first kappa shape index (κ1) is 10.0. The summed E-state index contributed by atoms with van der Waals surface area (Å²) >= 11 is 0. The summed E-state index contributed by atoms with van der Waals surface area (Å²) in [6, 6.07) is 8.35. The van der Waals surface area contributed by atoms with Crippen molar-refractivity contribution >= 4 is 19.7 Å². The van der Waals surface area contributed by atoms with Crippen LogP contribution in [0.1, 0.15) is 11.1 Å². The topological polar surface area (TPSA) is 57.9 Å². The molecule has 5 heteroatoms. The van der Waals surface area contributed by atoms with Crippen molar-refractivity contribution in [3.05, 3.63) is 35.4 Å². The van der Waals surface area contributed by atoms with Crippen LogP contribution in [0.25, 0.3) is 0 Å². The van der Waals surface area contributed by atoms with Gasteiger partial charge in [-0.1, -0.05) is 18.2 Å². The second-order valence-electron chi connectivity index (χ2n) is 2.45. The van der Waals surface area contributed by atoms with Crippen molar-refractivity contribution in [3.63, 3.8) is 0 Å². The molecule has 0 atom stereocenters. The number of hydrogen-bond donors (Lipinski definition) is 0. The number of halogens is 1. The minimum Gasteiger partial charge on any atom is -0.212 e. The zero-order chi connectivity index (χ0) is 9.90. The van der Waals surface area contributed by atoms with Gasteiger partial charge in [0.15, 0.2) is 0 Å². The summed E-state index contributed by atoms with van der Waals surface area (Å²) in [5.74, 6) is -0.307. The van der Waals surface area contributed by atoms with Gasteiger partial charge in [0.1, 0.15) is 0 Å². The molecule has 0 amide bonds. The Kier molecular flexibility index (Phi) is 2.91. The van der Waals surface area contributed by atoms with Crippen molar-refractivity contribution in [1.29, 1.82) is 5.26 Å². The highest BCUT2D eigenvalue weighted by atomic mass is 35.7. The Morgan fingerprint density at radius 3 is 2.54 bits per heavy atom. The van der Waals surface area contributed by atoms with E-state index >= 15 is 0 Å². The summed E-state index contributed by atoms with van der Waals surface area (Å²) in [5, 5.41) is 8.63. The highest BCUT2D eigenvalue weighted by molar-refractivity contribution is 8.13. The molecule has 0 saturated carbocycles. The summed E-state index contributed by atoms with van der Waals surface area (Å²) in [7, 11) is 1.47. The third-order valence-electron chi connectivity index (χ3n) is 1.47. The molecule has 13 heavy (non-hydrogen) atoms. The molecule has 0 spiro atoms. The maximum Gasteiger partial charge on any atom is 0.236 e. The van der Waals surface area contributed by atoms with E-state index < -0.39 is 9.05 Å². The van der Waals surface area contributed by atoms with Crippen LogP contribution >= 0.6 is 10.7 Å². The SMILES string of the molecule is N#Cc1ccccc1CS(=O)(=O)Cl. The van der Waals surface area contributed by atoms with Gasteiger partial charge in [-0.2, -0.15) is 5.26 Å². The summed E-state index contributed by atoms with van der Waals surface area (Å²) in [6.45, 7) is 0. The van der Waals surface area contributed by atoms with Crippen molar-refractivity contribution in [2.75, 3.05) is 0 Å². The predicted octanol–water partition coefficient (Wildman–Crippen LogP) is 1.63. The zero-order valence-electron chi connectivity index (χ0n) is 6.57. The molecular formula is C8H6ClNO2S. The second kappa shape index (κ2) is 3.77. The molecule has 0 unspecified atom stereocenters. The number of benzene rings is 1. The maximum atomic E-state index is 10.7. The monoisotopic (exact) mass is 215 g/mol. The molecular weight excluding hydrogens is 210 g/mol. The van der Waals surface area contributed by atoms with E-state index in [4.69, 9.17) is 15.9 Å². The number of nitriles is 1. The van der Waals surface area contributed by atoms with Crippen LogP contribution in [0.3, 0.4) is 0 Å². The van der Waals surface area contributed by atoms with E-state index in [-0.39, 0.29) is 5.75 Å². The molecule has 0 N–H and O–H groups in total. The van der Waals surface area contributed by atoms with Gasteiger partial charge in [-0.15, -0.1) is 0 Å². The molecule has 0 saturated heterocycles. The lowest BCUT2D eigenvalue weighted by Gasteiger charge is -1.99. The standard InChI is InChI=1S/C8H6ClNO2S/c9-13(11,12)6-8-4-2-1-3-7(8)5-10/h1-4H,6H2. The molecule has 0 fully saturated rings. The Morgan fingerprint density at radius 2 is 2.00 bits per heavy atom. The molecule has 0 heterocycles. The van der Waals surface area contributed by atoms with Crippen LogP contribution in [0.4, 0.5) is 0 Å². The average molecular weight is 216 g/mol. The molecule has 1 aromatic rings. The van der Waals surface area contributed by atoms with E-state index in [9.17, 15) is 8.42 Å². The Bertz CT molecular complexity index is 447. The van der Waals surface area contributed by atoms with E-state index in [1.54, 1.807) is 24.3 Å². The lowest BCUT2D eigenvalue weighted by Crippen LogP contribution is -1.97. The van der Waals surface area contributed by atoms with Crippen molar-refractivity contribution < 1.29 is 8.42 Å². The third-order valence-corrected chi connectivity index (χ3v) is 2.45. The Morgan fingerprint density at radius 1 is 1.38 bits per heavy atom. The summed E-state index contributed by atoms with van der Waals surface area (Å²) in [6.07, 6.45) is 0. The number of hydrogen-bond acceptors (Lipinski definition) is 3. The first-order valence-corrected chi connectivity index (χ1v) is 5.91. The summed E-state index contributed by atoms with van der Waals surface area (Å²) in [5.41, 5.74) is 0.770. The fraction of sp³-hybridized carbons (Fsp3) is 0.125. The van der Waals surface area contributed by atoms with E-state index in [1.807, 2.05) is 6.07 Å². The fourth-order valence-electron chi connectivity index (χ4n) is 0.941. The van der Waals surface area contributed by atoms with Crippen LogP contribution in [0.2, 0.25) is 0 Å². The van der Waals surface area contributed by atoms with E-state index in [2.05, 4.69) is 0 Å². The van der Waals surface area contributed by atoms with Crippen LogP contribution in [0, 0.1) is 11.3 Å². The van der Waals surface area contributed by atoms with Gasteiger partial charge in [-0.25, -0.2) is 8.42 Å². The zero-order valence-corrected chi connectivity index (χ0v) is 8.14. The van der Waals surface area contributed by atoms with Gasteiger partial charge in [0, 0.05) is 10.7 Å². The number of nitrogens with zero attached hydrogens (tertiary/aromatic N) is 1. The molecule has 1 aromatic carbocycles. The smallest absolute Gasteiger partial charge is 0.212 e. The van der Waals surface area contributed by atoms with Gasteiger partial charge in [0.2, 0.25) is 9.05 Å². The average Bonchev–Trinajstić information content (AvgIpc) is 2.02. The molecule has 0 aromatic heterocycles. The summed E-state index contributed by atoms with van der Waals surface area (Å²) in [4.78, 5) is 0. The van der Waals surface area contributed by atoms with Crippen LogP contribution in [-0.2, 0) is 14.8 Å². The molecule has 68 valence electrons. The third kappa shape index (κ3) is 3.05. The Balaban J connectivity index is 3.10. The first-order valence-electron chi connectivity index (χ1n) is 3.43. The minimum atomic E-state index is -3.59. The van der Waals surface area contributed by atoms with Gasteiger partial charge in [0.25, 0.3) is 0 Å². The molecule has 0 bridgehead atoms. The quantitative estimate of drug-likeness (QED) is 0.705.